The predicted octanol–water partition coefficient (Wildman–Crippen LogP) is 7.55. The second kappa shape index (κ2) is 12.9. The first kappa shape index (κ1) is 22.7. The van der Waals surface area contributed by atoms with Crippen molar-refractivity contribution < 1.29 is 0 Å². The Kier molecular flexibility index (Phi) is 10.9. The molecule has 0 atom stereocenters. The van der Waals surface area contributed by atoms with Crippen LogP contribution >= 0.6 is 0 Å². The maximum atomic E-state index is 4.59. The summed E-state index contributed by atoms with van der Waals surface area (Å²) in [6.45, 7) is 13.7. The van der Waals surface area contributed by atoms with Crippen molar-refractivity contribution in [2.75, 3.05) is 0 Å². The van der Waals surface area contributed by atoms with Crippen LogP contribution in [0.25, 0.3) is 11.4 Å². The zero-order valence-electron chi connectivity index (χ0n) is 17.9. The molecule has 2 heteroatoms. The van der Waals surface area contributed by atoms with Gasteiger partial charge >= 0.3 is 0 Å². The maximum Gasteiger partial charge on any atom is 0.140 e. The van der Waals surface area contributed by atoms with Crippen LogP contribution in [0.15, 0.2) is 67.0 Å². The van der Waals surface area contributed by atoms with Gasteiger partial charge in [0.25, 0.3) is 0 Å². The normalized spacial score (nSPS) is 9.89. The lowest BCUT2D eigenvalue weighted by atomic mass is 9.97. The quantitative estimate of drug-likeness (QED) is 0.457. The number of nitrogens with zero attached hydrogens (tertiary/aromatic N) is 2. The van der Waals surface area contributed by atoms with E-state index >= 15 is 0 Å². The Balaban J connectivity index is 0.000000541. The molecule has 27 heavy (non-hydrogen) atoms. The van der Waals surface area contributed by atoms with Crippen LogP contribution in [0.3, 0.4) is 0 Å². The molecule has 2 nitrogen and oxygen atoms in total. The molecule has 146 valence electrons. The number of hydrogen-bond donors (Lipinski definition) is 0. The monoisotopic (exact) mass is 364 g/mol. The molecule has 3 aromatic rings. The zero-order chi connectivity index (χ0) is 20.1. The van der Waals surface area contributed by atoms with Crippen LogP contribution in [0.1, 0.15) is 71.4 Å². The second-order valence-electron chi connectivity index (χ2n) is 6.61. The summed E-state index contributed by atoms with van der Waals surface area (Å²) in [5.74, 6) is 1.53. The third-order valence-corrected chi connectivity index (χ3v) is 4.23. The molecule has 0 spiro atoms. The number of rotatable bonds is 5. The molecule has 0 amide bonds. The van der Waals surface area contributed by atoms with Crippen LogP contribution < -0.4 is 0 Å². The smallest absolute Gasteiger partial charge is 0.140 e. The van der Waals surface area contributed by atoms with Crippen LogP contribution in [0, 0.1) is 0 Å². The highest BCUT2D eigenvalue weighted by molar-refractivity contribution is 5.61. The van der Waals surface area contributed by atoms with Gasteiger partial charge in [-0.25, -0.2) is 4.98 Å². The van der Waals surface area contributed by atoms with E-state index in [0.29, 0.717) is 5.92 Å². The van der Waals surface area contributed by atoms with Gasteiger partial charge in [0.2, 0.25) is 0 Å². The average molecular weight is 365 g/mol. The highest BCUT2D eigenvalue weighted by Gasteiger charge is 2.12. The number of unbranched alkanes of at least 4 members (excludes halogenated alkanes) is 1. The summed E-state index contributed by atoms with van der Waals surface area (Å²) in [5, 5.41) is 0. The predicted molar refractivity (Wildman–Crippen MR) is 119 cm³/mol. The Bertz CT molecular complexity index is 740. The molecule has 2 aromatic carbocycles. The molecular weight excluding hydrogens is 328 g/mol. The zero-order valence-corrected chi connectivity index (χ0v) is 17.9. The Labute approximate surface area is 166 Å². The van der Waals surface area contributed by atoms with Crippen molar-refractivity contribution in [3.8, 4) is 11.4 Å². The minimum absolute atomic E-state index is 0.489. The number of hydrogen-bond acceptors (Lipinski definition) is 1. The Morgan fingerprint density at radius 1 is 0.852 bits per heavy atom. The fourth-order valence-corrected chi connectivity index (χ4v) is 2.67. The van der Waals surface area contributed by atoms with E-state index in [1.807, 2.05) is 26.1 Å². The summed E-state index contributed by atoms with van der Waals surface area (Å²) < 4.78 is 2.22. The molecule has 0 aliphatic rings. The Morgan fingerprint density at radius 2 is 1.44 bits per heavy atom. The number of imidazole rings is 1. The van der Waals surface area contributed by atoms with Gasteiger partial charge in [-0.2, -0.15) is 0 Å². The minimum Gasteiger partial charge on any atom is -0.327 e. The van der Waals surface area contributed by atoms with E-state index in [2.05, 4.69) is 92.0 Å². The van der Waals surface area contributed by atoms with Crippen molar-refractivity contribution in [3.05, 3.63) is 78.1 Å². The fourth-order valence-electron chi connectivity index (χ4n) is 2.67. The number of benzene rings is 2. The molecule has 0 N–H and O–H groups in total. The lowest BCUT2D eigenvalue weighted by molar-refractivity contribution is 0.800. The first-order valence-electron chi connectivity index (χ1n) is 10.3. The van der Waals surface area contributed by atoms with Crippen LogP contribution in [-0.2, 0) is 6.54 Å². The van der Waals surface area contributed by atoms with Crippen LogP contribution in [0.2, 0.25) is 0 Å². The van der Waals surface area contributed by atoms with Gasteiger partial charge in [0.05, 0.1) is 0 Å². The molecule has 0 saturated heterocycles. The Hall–Kier alpha value is -2.35. The molecule has 1 aromatic heterocycles. The number of aromatic nitrogens is 2. The van der Waals surface area contributed by atoms with E-state index in [1.54, 1.807) is 0 Å². The molecule has 0 radical (unpaired) electrons. The van der Waals surface area contributed by atoms with Crippen LogP contribution in [-0.4, -0.2) is 9.55 Å². The van der Waals surface area contributed by atoms with E-state index in [-0.39, 0.29) is 0 Å². The summed E-state index contributed by atoms with van der Waals surface area (Å²) in [6, 6.07) is 19.1. The Morgan fingerprint density at radius 3 is 2.04 bits per heavy atom. The molecule has 0 bridgehead atoms. The lowest BCUT2D eigenvalue weighted by Crippen LogP contribution is -2.03. The van der Waals surface area contributed by atoms with Gasteiger partial charge in [-0.15, -0.1) is 0 Å². The van der Waals surface area contributed by atoms with Gasteiger partial charge < -0.3 is 4.57 Å². The van der Waals surface area contributed by atoms with Gasteiger partial charge in [0.15, 0.2) is 0 Å². The third-order valence-electron chi connectivity index (χ3n) is 4.23. The molecule has 1 heterocycles. The summed E-state index contributed by atoms with van der Waals surface area (Å²) in [6.07, 6.45) is 6.58. The van der Waals surface area contributed by atoms with Crippen molar-refractivity contribution in [3.63, 3.8) is 0 Å². The van der Waals surface area contributed by atoms with Gasteiger partial charge in [0, 0.05) is 24.5 Å². The molecular formula is C25H36N2. The molecule has 3 rings (SSSR count). The average Bonchev–Trinajstić information content (AvgIpc) is 3.18. The molecule has 0 saturated carbocycles. The van der Waals surface area contributed by atoms with Gasteiger partial charge in [-0.3, -0.25) is 0 Å². The molecule has 0 fully saturated rings. The molecule has 0 aliphatic heterocycles. The van der Waals surface area contributed by atoms with Gasteiger partial charge in [-0.05, 0) is 17.0 Å². The summed E-state index contributed by atoms with van der Waals surface area (Å²) in [4.78, 5) is 4.59. The minimum atomic E-state index is 0.489. The van der Waals surface area contributed by atoms with Crippen molar-refractivity contribution >= 4 is 0 Å². The van der Waals surface area contributed by atoms with E-state index in [0.717, 1.165) is 12.4 Å². The second-order valence-corrected chi connectivity index (χ2v) is 6.61. The SMILES string of the molecule is CC.CC(C)c1ccccc1-c1nccn1Cc1ccccc1.CCCC. The standard InChI is InChI=1S/C19H20N2.C4H10.C2H6/c1-15(2)17-10-6-7-11-18(17)19-20-12-13-21(19)14-16-8-4-3-5-9-16;1-3-4-2;1-2/h3-13,15H,14H2,1-2H3;3-4H2,1-2H3;1-2H3. The van der Waals surface area contributed by atoms with E-state index in [1.165, 1.54) is 29.5 Å². The highest BCUT2D eigenvalue weighted by atomic mass is 15.1. The van der Waals surface area contributed by atoms with Crippen molar-refractivity contribution in [2.45, 2.75) is 66.8 Å². The van der Waals surface area contributed by atoms with Crippen LogP contribution in [0.4, 0.5) is 0 Å². The van der Waals surface area contributed by atoms with E-state index in [9.17, 15) is 0 Å². The fraction of sp³-hybridized carbons (Fsp3) is 0.400. The summed E-state index contributed by atoms with van der Waals surface area (Å²) in [7, 11) is 0. The first-order chi connectivity index (χ1) is 13.2. The first-order valence-corrected chi connectivity index (χ1v) is 10.3. The topological polar surface area (TPSA) is 17.8 Å². The highest BCUT2D eigenvalue weighted by Crippen LogP contribution is 2.28. The van der Waals surface area contributed by atoms with Crippen molar-refractivity contribution in [1.82, 2.24) is 9.55 Å². The van der Waals surface area contributed by atoms with Crippen molar-refractivity contribution in [1.29, 1.82) is 0 Å². The van der Waals surface area contributed by atoms with Gasteiger partial charge in [0.1, 0.15) is 5.82 Å². The van der Waals surface area contributed by atoms with Crippen LogP contribution in [0.5, 0.6) is 0 Å². The summed E-state index contributed by atoms with van der Waals surface area (Å²) in [5.41, 5.74) is 3.87. The van der Waals surface area contributed by atoms with E-state index < -0.39 is 0 Å². The molecule has 0 aliphatic carbocycles. The van der Waals surface area contributed by atoms with Crippen molar-refractivity contribution in [2.24, 2.45) is 0 Å². The maximum absolute atomic E-state index is 4.59. The third kappa shape index (κ3) is 7.05. The summed E-state index contributed by atoms with van der Waals surface area (Å²) >= 11 is 0. The lowest BCUT2D eigenvalue weighted by Gasteiger charge is -2.14. The van der Waals surface area contributed by atoms with Gasteiger partial charge in [-0.1, -0.05) is 109 Å². The largest absolute Gasteiger partial charge is 0.327 e. The molecule has 0 unspecified atom stereocenters. The van der Waals surface area contributed by atoms with E-state index in [4.69, 9.17) is 0 Å².